The Labute approximate surface area is 242 Å². The van der Waals surface area contributed by atoms with Gasteiger partial charge in [0.05, 0.1) is 23.4 Å². The van der Waals surface area contributed by atoms with Crippen LogP contribution in [0.3, 0.4) is 0 Å². The molecule has 1 aliphatic rings. The number of amides is 2. The van der Waals surface area contributed by atoms with E-state index in [1.54, 1.807) is 23.0 Å². The van der Waals surface area contributed by atoms with Crippen LogP contribution in [-0.2, 0) is 22.4 Å². The van der Waals surface area contributed by atoms with Gasteiger partial charge in [0, 0.05) is 17.6 Å². The maximum Gasteiger partial charge on any atom is 0.267 e. The molecule has 2 heterocycles. The van der Waals surface area contributed by atoms with Gasteiger partial charge in [-0.2, -0.15) is 0 Å². The molecule has 0 spiro atoms. The normalized spacial score (nSPS) is 14.7. The van der Waals surface area contributed by atoms with Crippen LogP contribution in [0.1, 0.15) is 40.5 Å². The molecule has 5 rings (SSSR count). The second kappa shape index (κ2) is 11.6. The predicted molar refractivity (Wildman–Crippen MR) is 164 cm³/mol. The number of nitrogens with zero attached hydrogens (tertiary/aromatic N) is 3. The number of hydrogen-bond donors (Lipinski definition) is 1. The second-order valence-electron chi connectivity index (χ2n) is 10.8. The van der Waals surface area contributed by atoms with Gasteiger partial charge in [0.2, 0.25) is 11.8 Å². The molecule has 40 heavy (non-hydrogen) atoms. The van der Waals surface area contributed by atoms with E-state index in [0.717, 1.165) is 52.0 Å². The van der Waals surface area contributed by atoms with E-state index in [0.29, 0.717) is 22.1 Å². The molecule has 1 N–H and O–H groups in total. The summed E-state index contributed by atoms with van der Waals surface area (Å²) in [5, 5.41) is 4.03. The van der Waals surface area contributed by atoms with E-state index in [4.69, 9.17) is 4.98 Å². The number of fused-ring (bicyclic) bond motifs is 3. The van der Waals surface area contributed by atoms with Crippen molar-refractivity contribution >= 4 is 50.8 Å². The topological polar surface area (TPSA) is 84.3 Å². The average Bonchev–Trinajstić information content (AvgIpc) is 3.27. The van der Waals surface area contributed by atoms with Gasteiger partial charge in [-0.3, -0.25) is 19.0 Å². The third-order valence-electron chi connectivity index (χ3n) is 7.37. The van der Waals surface area contributed by atoms with Crippen LogP contribution in [-0.4, -0.2) is 45.6 Å². The minimum Gasteiger partial charge on any atom is -0.336 e. The van der Waals surface area contributed by atoms with Crippen molar-refractivity contribution in [3.8, 4) is 5.69 Å². The van der Waals surface area contributed by atoms with Crippen LogP contribution in [0.2, 0.25) is 0 Å². The Kier molecular flexibility index (Phi) is 8.14. The predicted octanol–water partition coefficient (Wildman–Crippen LogP) is 5.69. The number of likely N-dealkylation sites (N-methyl/N-ethyl adjacent to an activating group) is 1. The lowest BCUT2D eigenvalue weighted by molar-refractivity contribution is -0.131. The smallest absolute Gasteiger partial charge is 0.267 e. The minimum atomic E-state index is -0.269. The Morgan fingerprint density at radius 2 is 1.85 bits per heavy atom. The van der Waals surface area contributed by atoms with E-state index in [1.165, 1.54) is 21.5 Å². The van der Waals surface area contributed by atoms with Gasteiger partial charge < -0.3 is 10.2 Å². The monoisotopic (exact) mass is 574 g/mol. The summed E-state index contributed by atoms with van der Waals surface area (Å²) in [6.07, 6.45) is 2.92. The van der Waals surface area contributed by atoms with Crippen molar-refractivity contribution < 1.29 is 9.59 Å². The van der Waals surface area contributed by atoms with Gasteiger partial charge in [-0.25, -0.2) is 4.98 Å². The maximum absolute atomic E-state index is 14.1. The largest absolute Gasteiger partial charge is 0.336 e. The first-order chi connectivity index (χ1) is 19.1. The number of carbonyl (C=O) groups excluding carboxylic acids is 2. The number of carbonyl (C=O) groups is 2. The molecule has 0 saturated carbocycles. The van der Waals surface area contributed by atoms with Crippen LogP contribution in [0.4, 0.5) is 5.69 Å². The molecule has 9 heteroatoms. The van der Waals surface area contributed by atoms with Crippen LogP contribution in [0.15, 0.2) is 52.4 Å². The standard InChI is InChI=1S/C31H34N4O3S2/c1-18-7-11-22(12-8-18)32-26(36)16-34(5)27(37)17-39-31-33-29-28(23-13-9-20(3)15-25(23)40-29)30(38)35(31)24-14-19(2)6-10-21(24)4/h6-8,10-12,14,20H,9,13,15-17H2,1-5H3,(H,32,36)/t20-/m1/s1. The zero-order chi connectivity index (χ0) is 28.6. The van der Waals surface area contributed by atoms with Crippen LogP contribution in [0, 0.1) is 26.7 Å². The molecule has 2 aromatic heterocycles. The summed E-state index contributed by atoms with van der Waals surface area (Å²) in [5.41, 5.74) is 5.64. The zero-order valence-electron chi connectivity index (χ0n) is 23.5. The molecule has 7 nitrogen and oxygen atoms in total. The maximum atomic E-state index is 14.1. The van der Waals surface area contributed by atoms with Gasteiger partial charge in [0.15, 0.2) is 5.16 Å². The highest BCUT2D eigenvalue weighted by molar-refractivity contribution is 7.99. The van der Waals surface area contributed by atoms with Gasteiger partial charge in [-0.05, 0) is 80.8 Å². The van der Waals surface area contributed by atoms with Crippen molar-refractivity contribution in [1.29, 1.82) is 0 Å². The summed E-state index contributed by atoms with van der Waals surface area (Å²) in [4.78, 5) is 48.1. The molecule has 1 aliphatic carbocycles. The molecule has 0 aliphatic heterocycles. The Balaban J connectivity index is 1.42. The average molecular weight is 575 g/mol. The summed E-state index contributed by atoms with van der Waals surface area (Å²) in [6, 6.07) is 13.5. The van der Waals surface area contributed by atoms with Crippen molar-refractivity contribution in [3.63, 3.8) is 0 Å². The quantitative estimate of drug-likeness (QED) is 0.227. The fraction of sp³-hybridized carbons (Fsp3) is 0.355. The minimum absolute atomic E-state index is 0.0548. The number of benzene rings is 2. The third-order valence-corrected chi connectivity index (χ3v) is 9.44. The number of aryl methyl sites for hydroxylation is 4. The number of rotatable bonds is 7. The van der Waals surface area contributed by atoms with Crippen LogP contribution >= 0.6 is 23.1 Å². The molecule has 0 bridgehead atoms. The molecule has 2 aromatic carbocycles. The SMILES string of the molecule is Cc1ccc(NC(=O)CN(C)C(=O)CSc2nc3sc4c(c3c(=O)n2-c2cc(C)ccc2C)CC[C@@H](C)C4)cc1. The van der Waals surface area contributed by atoms with Crippen molar-refractivity contribution in [2.45, 2.75) is 52.1 Å². The first-order valence-corrected chi connectivity index (χ1v) is 15.3. The molecule has 2 amide bonds. The highest BCUT2D eigenvalue weighted by Gasteiger charge is 2.26. The molecular weight excluding hydrogens is 541 g/mol. The van der Waals surface area contributed by atoms with Crippen molar-refractivity contribution in [2.75, 3.05) is 24.7 Å². The van der Waals surface area contributed by atoms with Crippen LogP contribution in [0.25, 0.3) is 15.9 Å². The summed E-state index contributed by atoms with van der Waals surface area (Å²) in [6.45, 7) is 8.14. The Hall–Kier alpha value is -3.43. The highest BCUT2D eigenvalue weighted by Crippen LogP contribution is 2.37. The number of nitrogens with one attached hydrogen (secondary N) is 1. The summed E-state index contributed by atoms with van der Waals surface area (Å²) in [5.74, 6) is 0.159. The Morgan fingerprint density at radius 1 is 1.12 bits per heavy atom. The van der Waals surface area contributed by atoms with E-state index in [-0.39, 0.29) is 29.7 Å². The number of anilines is 1. The number of thiophene rings is 1. The van der Waals surface area contributed by atoms with Crippen molar-refractivity contribution in [3.05, 3.63) is 79.9 Å². The molecule has 1 atom stereocenters. The van der Waals surface area contributed by atoms with E-state index in [1.807, 2.05) is 63.2 Å². The summed E-state index contributed by atoms with van der Waals surface area (Å²) < 4.78 is 1.68. The second-order valence-corrected chi connectivity index (χ2v) is 12.8. The number of aromatic nitrogens is 2. The number of thioether (sulfide) groups is 1. The summed E-state index contributed by atoms with van der Waals surface area (Å²) >= 11 is 2.84. The lowest BCUT2D eigenvalue weighted by Crippen LogP contribution is -2.36. The Morgan fingerprint density at radius 3 is 2.60 bits per heavy atom. The van der Waals surface area contributed by atoms with Gasteiger partial charge in [-0.1, -0.05) is 48.5 Å². The summed E-state index contributed by atoms with van der Waals surface area (Å²) in [7, 11) is 1.61. The highest BCUT2D eigenvalue weighted by atomic mass is 32.2. The molecule has 0 unspecified atom stereocenters. The number of hydrogen-bond acceptors (Lipinski definition) is 6. The molecule has 0 saturated heterocycles. The Bertz CT molecular complexity index is 1660. The molecule has 0 fully saturated rings. The fourth-order valence-corrected chi connectivity index (χ4v) is 7.39. The van der Waals surface area contributed by atoms with E-state index in [9.17, 15) is 14.4 Å². The van der Waals surface area contributed by atoms with Crippen molar-refractivity contribution in [2.24, 2.45) is 5.92 Å². The van der Waals surface area contributed by atoms with Gasteiger partial charge in [-0.15, -0.1) is 11.3 Å². The van der Waals surface area contributed by atoms with E-state index in [2.05, 4.69) is 12.2 Å². The van der Waals surface area contributed by atoms with Gasteiger partial charge >= 0.3 is 0 Å². The fourth-order valence-electron chi connectivity index (χ4n) is 5.02. The van der Waals surface area contributed by atoms with Crippen LogP contribution < -0.4 is 10.9 Å². The zero-order valence-corrected chi connectivity index (χ0v) is 25.2. The van der Waals surface area contributed by atoms with E-state index >= 15 is 0 Å². The molecular formula is C31H34N4O3S2. The van der Waals surface area contributed by atoms with Crippen molar-refractivity contribution in [1.82, 2.24) is 14.5 Å². The van der Waals surface area contributed by atoms with Gasteiger partial charge in [0.1, 0.15) is 4.83 Å². The van der Waals surface area contributed by atoms with E-state index < -0.39 is 0 Å². The first kappa shape index (κ1) is 28.1. The third kappa shape index (κ3) is 5.86. The van der Waals surface area contributed by atoms with Gasteiger partial charge in [0.25, 0.3) is 5.56 Å². The lowest BCUT2D eigenvalue weighted by atomic mass is 9.89. The first-order valence-electron chi connectivity index (χ1n) is 13.5. The molecule has 0 radical (unpaired) electrons. The lowest BCUT2D eigenvalue weighted by Gasteiger charge is -2.19. The molecule has 4 aromatic rings. The van der Waals surface area contributed by atoms with Crippen LogP contribution in [0.5, 0.6) is 0 Å². The molecule has 208 valence electrons.